The standard InChI is InChI=1S/C23H28N2O3/c1-15-6-5-7-16(2)25(15)23(27)20-12-17-8-3-4-9-18(17)13-21(20)28-14-22(26)24-19-10-11-19/h3-4,8-9,12-13,15-16,19H,5-7,10-11,14H2,1-2H3,(H,24,26). The second-order valence-corrected chi connectivity index (χ2v) is 8.17. The molecule has 0 spiro atoms. The van der Waals surface area contributed by atoms with Crippen LogP contribution in [-0.2, 0) is 4.79 Å². The summed E-state index contributed by atoms with van der Waals surface area (Å²) in [5.74, 6) is 0.344. The Balaban J connectivity index is 1.64. The predicted octanol–water partition coefficient (Wildman–Crippen LogP) is 3.90. The van der Waals surface area contributed by atoms with Gasteiger partial charge >= 0.3 is 0 Å². The molecule has 5 nitrogen and oxygen atoms in total. The van der Waals surface area contributed by atoms with Crippen LogP contribution >= 0.6 is 0 Å². The molecule has 148 valence electrons. The Morgan fingerprint density at radius 3 is 2.32 bits per heavy atom. The van der Waals surface area contributed by atoms with Crippen LogP contribution < -0.4 is 10.1 Å². The molecule has 2 unspecified atom stereocenters. The monoisotopic (exact) mass is 380 g/mol. The number of carbonyl (C=O) groups is 2. The van der Waals surface area contributed by atoms with Gasteiger partial charge in [-0.3, -0.25) is 9.59 Å². The molecule has 5 heteroatoms. The second kappa shape index (κ2) is 7.82. The van der Waals surface area contributed by atoms with Crippen molar-refractivity contribution in [3.05, 3.63) is 42.0 Å². The van der Waals surface area contributed by atoms with Crippen molar-refractivity contribution in [3.8, 4) is 5.75 Å². The van der Waals surface area contributed by atoms with Crippen molar-refractivity contribution < 1.29 is 14.3 Å². The Labute approximate surface area is 166 Å². The van der Waals surface area contributed by atoms with Gasteiger partial charge < -0.3 is 15.0 Å². The number of rotatable bonds is 5. The number of piperidine rings is 1. The van der Waals surface area contributed by atoms with Crippen LogP contribution in [0.2, 0.25) is 0 Å². The van der Waals surface area contributed by atoms with Crippen LogP contribution in [0, 0.1) is 0 Å². The molecule has 2 atom stereocenters. The van der Waals surface area contributed by atoms with Crippen molar-refractivity contribution in [2.45, 2.75) is 64.1 Å². The van der Waals surface area contributed by atoms with Gasteiger partial charge in [0.1, 0.15) is 5.75 Å². The molecule has 1 saturated carbocycles. The normalized spacial score (nSPS) is 22.1. The number of likely N-dealkylation sites (tertiary alicyclic amines) is 1. The molecule has 0 bridgehead atoms. The second-order valence-electron chi connectivity index (χ2n) is 8.17. The highest BCUT2D eigenvalue weighted by molar-refractivity contribution is 6.02. The molecule has 1 aliphatic carbocycles. The van der Waals surface area contributed by atoms with Gasteiger partial charge in [0.15, 0.2) is 6.61 Å². The molecule has 0 radical (unpaired) electrons. The lowest BCUT2D eigenvalue weighted by Gasteiger charge is -2.39. The van der Waals surface area contributed by atoms with Gasteiger partial charge in [-0.05, 0) is 68.9 Å². The highest BCUT2D eigenvalue weighted by Crippen LogP contribution is 2.31. The third kappa shape index (κ3) is 3.98. The Morgan fingerprint density at radius 1 is 1.04 bits per heavy atom. The van der Waals surface area contributed by atoms with E-state index in [9.17, 15) is 9.59 Å². The van der Waals surface area contributed by atoms with E-state index in [2.05, 4.69) is 19.2 Å². The fraction of sp³-hybridized carbons (Fsp3) is 0.478. The van der Waals surface area contributed by atoms with E-state index in [1.807, 2.05) is 41.3 Å². The molecule has 2 amide bonds. The average Bonchev–Trinajstić information content (AvgIpc) is 3.49. The molecule has 2 aliphatic rings. The number of hydrogen-bond acceptors (Lipinski definition) is 3. The Hall–Kier alpha value is -2.56. The van der Waals surface area contributed by atoms with E-state index >= 15 is 0 Å². The smallest absolute Gasteiger partial charge is 0.258 e. The van der Waals surface area contributed by atoms with Gasteiger partial charge in [0.2, 0.25) is 0 Å². The summed E-state index contributed by atoms with van der Waals surface area (Å²) in [7, 11) is 0. The minimum atomic E-state index is -0.131. The molecule has 28 heavy (non-hydrogen) atoms. The Bertz CT molecular complexity index is 881. The topological polar surface area (TPSA) is 58.6 Å². The zero-order valence-corrected chi connectivity index (χ0v) is 16.6. The molecule has 1 heterocycles. The summed E-state index contributed by atoms with van der Waals surface area (Å²) in [6.07, 6.45) is 5.26. The summed E-state index contributed by atoms with van der Waals surface area (Å²) in [5.41, 5.74) is 0.540. The molecule has 1 saturated heterocycles. The first-order valence-electron chi connectivity index (χ1n) is 10.3. The number of ether oxygens (including phenoxy) is 1. The highest BCUT2D eigenvalue weighted by Gasteiger charge is 2.31. The van der Waals surface area contributed by atoms with Crippen LogP contribution in [0.15, 0.2) is 36.4 Å². The van der Waals surface area contributed by atoms with E-state index in [1.165, 1.54) is 0 Å². The number of amides is 2. The largest absolute Gasteiger partial charge is 0.483 e. The molecule has 1 aliphatic heterocycles. The first-order chi connectivity index (χ1) is 13.5. The van der Waals surface area contributed by atoms with E-state index in [-0.39, 0.29) is 30.5 Å². The molecule has 2 aromatic rings. The van der Waals surface area contributed by atoms with Gasteiger partial charge in [0.05, 0.1) is 5.56 Å². The lowest BCUT2D eigenvalue weighted by atomic mass is 9.95. The third-order valence-electron chi connectivity index (χ3n) is 5.81. The van der Waals surface area contributed by atoms with E-state index in [0.717, 1.165) is 42.9 Å². The maximum atomic E-state index is 13.5. The molecule has 0 aromatic heterocycles. The highest BCUT2D eigenvalue weighted by atomic mass is 16.5. The first-order valence-corrected chi connectivity index (χ1v) is 10.3. The van der Waals surface area contributed by atoms with Gasteiger partial charge in [0.25, 0.3) is 11.8 Å². The summed E-state index contributed by atoms with van der Waals surface area (Å²) in [6.45, 7) is 4.15. The zero-order chi connectivity index (χ0) is 19.7. The van der Waals surface area contributed by atoms with Crippen LogP contribution in [0.4, 0.5) is 0 Å². The van der Waals surface area contributed by atoms with E-state index in [4.69, 9.17) is 4.74 Å². The van der Waals surface area contributed by atoms with Crippen molar-refractivity contribution in [3.63, 3.8) is 0 Å². The van der Waals surface area contributed by atoms with Crippen molar-refractivity contribution >= 4 is 22.6 Å². The number of benzene rings is 2. The molecular weight excluding hydrogens is 352 g/mol. The summed E-state index contributed by atoms with van der Waals surface area (Å²) in [4.78, 5) is 27.5. The Kier molecular flexibility index (Phi) is 5.25. The maximum absolute atomic E-state index is 13.5. The average molecular weight is 380 g/mol. The third-order valence-corrected chi connectivity index (χ3v) is 5.81. The van der Waals surface area contributed by atoms with Crippen LogP contribution in [0.3, 0.4) is 0 Å². The number of nitrogens with zero attached hydrogens (tertiary/aromatic N) is 1. The minimum Gasteiger partial charge on any atom is -0.483 e. The molecule has 2 aromatic carbocycles. The van der Waals surface area contributed by atoms with Crippen LogP contribution in [-0.4, -0.2) is 41.4 Å². The van der Waals surface area contributed by atoms with Gasteiger partial charge in [-0.15, -0.1) is 0 Å². The fourth-order valence-corrected chi connectivity index (χ4v) is 4.11. The first kappa shape index (κ1) is 18.8. The lowest BCUT2D eigenvalue weighted by Crippen LogP contribution is -2.47. The Morgan fingerprint density at radius 2 is 1.68 bits per heavy atom. The number of hydrogen-bond donors (Lipinski definition) is 1. The summed E-state index contributed by atoms with van der Waals surface area (Å²) in [5, 5.41) is 4.92. The summed E-state index contributed by atoms with van der Waals surface area (Å²) in [6, 6.07) is 12.4. The predicted molar refractivity (Wildman–Crippen MR) is 110 cm³/mol. The zero-order valence-electron chi connectivity index (χ0n) is 16.6. The SMILES string of the molecule is CC1CCCC(C)N1C(=O)c1cc2ccccc2cc1OCC(=O)NC1CC1. The lowest BCUT2D eigenvalue weighted by molar-refractivity contribution is -0.123. The van der Waals surface area contributed by atoms with Crippen molar-refractivity contribution in [1.29, 1.82) is 0 Å². The van der Waals surface area contributed by atoms with Gasteiger partial charge in [-0.2, -0.15) is 0 Å². The fourth-order valence-electron chi connectivity index (χ4n) is 4.11. The molecule has 1 N–H and O–H groups in total. The molecule has 4 rings (SSSR count). The van der Waals surface area contributed by atoms with E-state index in [0.29, 0.717) is 17.4 Å². The van der Waals surface area contributed by atoms with Crippen LogP contribution in [0.1, 0.15) is 56.3 Å². The van der Waals surface area contributed by atoms with Crippen molar-refractivity contribution in [2.24, 2.45) is 0 Å². The minimum absolute atomic E-state index is 0.0111. The van der Waals surface area contributed by atoms with Gasteiger partial charge in [0, 0.05) is 18.1 Å². The van der Waals surface area contributed by atoms with Gasteiger partial charge in [-0.25, -0.2) is 0 Å². The molecular formula is C23H28N2O3. The number of fused-ring (bicyclic) bond motifs is 1. The number of nitrogens with one attached hydrogen (secondary N) is 1. The van der Waals surface area contributed by atoms with E-state index in [1.54, 1.807) is 0 Å². The van der Waals surface area contributed by atoms with E-state index < -0.39 is 0 Å². The van der Waals surface area contributed by atoms with Crippen LogP contribution in [0.5, 0.6) is 5.75 Å². The quantitative estimate of drug-likeness (QED) is 0.856. The summed E-state index contributed by atoms with van der Waals surface area (Å²) >= 11 is 0. The van der Waals surface area contributed by atoms with Crippen molar-refractivity contribution in [1.82, 2.24) is 10.2 Å². The maximum Gasteiger partial charge on any atom is 0.258 e. The van der Waals surface area contributed by atoms with Crippen LogP contribution in [0.25, 0.3) is 10.8 Å². The molecule has 2 fully saturated rings. The summed E-state index contributed by atoms with van der Waals surface area (Å²) < 4.78 is 5.86. The van der Waals surface area contributed by atoms with Gasteiger partial charge in [-0.1, -0.05) is 24.3 Å². The number of carbonyl (C=O) groups excluding carboxylic acids is 2. The van der Waals surface area contributed by atoms with Crippen molar-refractivity contribution in [2.75, 3.05) is 6.61 Å².